The number of nitrogens with two attached hydrogens (primary N) is 2. The smallest absolute Gasteiger partial charge is 0.408 e. The molecule has 2 heterocycles. The van der Waals surface area contributed by atoms with Crippen LogP contribution in [0.3, 0.4) is 0 Å². The lowest BCUT2D eigenvalue weighted by molar-refractivity contribution is 0.203. The molecule has 1 aromatic carbocycles. The van der Waals surface area contributed by atoms with Gasteiger partial charge in [-0.1, -0.05) is 13.0 Å². The Morgan fingerprint density at radius 3 is 2.96 bits per heavy atom. The number of fused-ring (bicyclic) bond motifs is 1. The molecule has 2 aromatic rings. The number of piperidine rings is 1. The molecule has 0 aliphatic carbocycles. The Balaban J connectivity index is 2.01. The van der Waals surface area contributed by atoms with Crippen molar-refractivity contribution in [2.45, 2.75) is 38.6 Å². The Labute approximate surface area is 147 Å². The summed E-state index contributed by atoms with van der Waals surface area (Å²) in [6.45, 7) is 6.70. The van der Waals surface area contributed by atoms with Gasteiger partial charge in [0.1, 0.15) is 11.3 Å². The molecule has 1 atom stereocenters. The highest BCUT2D eigenvalue weighted by molar-refractivity contribution is 5.85. The van der Waals surface area contributed by atoms with Gasteiger partial charge in [0, 0.05) is 25.6 Å². The molecule has 7 heteroatoms. The first kappa shape index (κ1) is 17.7. The first-order valence-corrected chi connectivity index (χ1v) is 9.02. The van der Waals surface area contributed by atoms with Crippen molar-refractivity contribution in [1.82, 2.24) is 14.5 Å². The molecule has 4 N–H and O–H groups in total. The lowest BCUT2D eigenvalue weighted by atomic mass is 9.97. The molecule has 1 aliphatic heterocycles. The Morgan fingerprint density at radius 2 is 2.24 bits per heavy atom. The SMILES string of the molecule is CCCN1CCCC(c2nc3c(OC(N)=O)cccc3n2CCN)C1. The fourth-order valence-corrected chi connectivity index (χ4v) is 3.79. The fraction of sp³-hybridized carbons (Fsp3) is 0.556. The van der Waals surface area contributed by atoms with Gasteiger partial charge in [-0.15, -0.1) is 0 Å². The molecule has 1 fully saturated rings. The number of rotatable bonds is 6. The number of nitrogens with zero attached hydrogens (tertiary/aromatic N) is 3. The minimum Gasteiger partial charge on any atom is -0.408 e. The van der Waals surface area contributed by atoms with E-state index in [2.05, 4.69) is 16.4 Å². The van der Waals surface area contributed by atoms with Gasteiger partial charge in [0.05, 0.1) is 5.52 Å². The van der Waals surface area contributed by atoms with Crippen LogP contribution >= 0.6 is 0 Å². The average Bonchev–Trinajstić information content (AvgIpc) is 2.95. The molecule has 1 amide bonds. The van der Waals surface area contributed by atoms with E-state index in [1.165, 1.54) is 6.42 Å². The zero-order chi connectivity index (χ0) is 17.8. The molecule has 0 bridgehead atoms. The second-order valence-corrected chi connectivity index (χ2v) is 6.60. The third-order valence-electron chi connectivity index (χ3n) is 4.75. The van der Waals surface area contributed by atoms with Crippen LogP contribution in [0, 0.1) is 0 Å². The molecular weight excluding hydrogens is 318 g/mol. The zero-order valence-corrected chi connectivity index (χ0v) is 14.8. The van der Waals surface area contributed by atoms with Gasteiger partial charge in [-0.25, -0.2) is 9.78 Å². The number of hydrogen-bond acceptors (Lipinski definition) is 5. The van der Waals surface area contributed by atoms with E-state index in [0.717, 1.165) is 43.8 Å². The number of imidazole rings is 1. The number of para-hydroxylation sites is 1. The summed E-state index contributed by atoms with van der Waals surface area (Å²) >= 11 is 0. The summed E-state index contributed by atoms with van der Waals surface area (Å²) in [6, 6.07) is 5.56. The molecule has 1 aliphatic rings. The predicted octanol–water partition coefficient (Wildman–Crippen LogP) is 2.04. The Bertz CT molecular complexity index is 740. The number of amides is 1. The van der Waals surface area contributed by atoms with Crippen molar-refractivity contribution in [3.63, 3.8) is 0 Å². The summed E-state index contributed by atoms with van der Waals surface area (Å²) in [4.78, 5) is 18.5. The highest BCUT2D eigenvalue weighted by Crippen LogP contribution is 2.32. The summed E-state index contributed by atoms with van der Waals surface area (Å²) in [6.07, 6.45) is 2.61. The fourth-order valence-electron chi connectivity index (χ4n) is 3.79. The van der Waals surface area contributed by atoms with E-state index in [-0.39, 0.29) is 0 Å². The van der Waals surface area contributed by atoms with Crippen LogP contribution in [0.25, 0.3) is 11.0 Å². The van der Waals surface area contributed by atoms with Crippen molar-refractivity contribution in [2.24, 2.45) is 11.5 Å². The number of ether oxygens (including phenoxy) is 1. The summed E-state index contributed by atoms with van der Waals surface area (Å²) < 4.78 is 7.31. The Hall–Kier alpha value is -2.12. The van der Waals surface area contributed by atoms with Crippen LogP contribution < -0.4 is 16.2 Å². The molecule has 0 saturated carbocycles. The maximum atomic E-state index is 11.2. The number of aromatic nitrogens is 2. The third-order valence-corrected chi connectivity index (χ3v) is 4.75. The van der Waals surface area contributed by atoms with Crippen LogP contribution in [-0.4, -0.2) is 46.7 Å². The second-order valence-electron chi connectivity index (χ2n) is 6.60. The van der Waals surface area contributed by atoms with Crippen molar-refractivity contribution in [3.8, 4) is 5.75 Å². The third kappa shape index (κ3) is 3.77. The number of primary amides is 1. The van der Waals surface area contributed by atoms with E-state index in [9.17, 15) is 4.79 Å². The lowest BCUT2D eigenvalue weighted by Gasteiger charge is -2.32. The van der Waals surface area contributed by atoms with Crippen molar-refractivity contribution >= 4 is 17.1 Å². The van der Waals surface area contributed by atoms with Crippen LogP contribution in [0.5, 0.6) is 5.75 Å². The molecule has 0 spiro atoms. The van der Waals surface area contributed by atoms with Gasteiger partial charge in [0.25, 0.3) is 0 Å². The van der Waals surface area contributed by atoms with E-state index in [1.807, 2.05) is 12.1 Å². The maximum Gasteiger partial charge on any atom is 0.410 e. The number of hydrogen-bond donors (Lipinski definition) is 2. The standard InChI is InChI=1S/C18H27N5O2/c1-2-9-22-10-4-5-13(12-22)17-21-16-14(23(17)11-8-19)6-3-7-15(16)25-18(20)24/h3,6-7,13H,2,4-5,8-12,19H2,1H3,(H2,20,24). The van der Waals surface area contributed by atoms with Gasteiger partial charge in [-0.05, 0) is 44.5 Å². The van der Waals surface area contributed by atoms with E-state index in [4.69, 9.17) is 21.2 Å². The molecule has 25 heavy (non-hydrogen) atoms. The zero-order valence-electron chi connectivity index (χ0n) is 14.8. The molecule has 1 aromatic heterocycles. The Kier molecular flexibility index (Phi) is 5.55. The first-order chi connectivity index (χ1) is 12.1. The average molecular weight is 345 g/mol. The molecule has 1 saturated heterocycles. The lowest BCUT2D eigenvalue weighted by Crippen LogP contribution is -2.36. The quantitative estimate of drug-likeness (QED) is 0.834. The summed E-state index contributed by atoms with van der Waals surface area (Å²) in [7, 11) is 0. The van der Waals surface area contributed by atoms with Gasteiger partial charge in [-0.3, -0.25) is 0 Å². The van der Waals surface area contributed by atoms with E-state index in [0.29, 0.717) is 30.3 Å². The molecular formula is C18H27N5O2. The van der Waals surface area contributed by atoms with Gasteiger partial charge < -0.3 is 25.7 Å². The van der Waals surface area contributed by atoms with Crippen LogP contribution in [0.15, 0.2) is 18.2 Å². The maximum absolute atomic E-state index is 11.2. The van der Waals surface area contributed by atoms with Gasteiger partial charge in [0.2, 0.25) is 0 Å². The number of benzene rings is 1. The highest BCUT2D eigenvalue weighted by Gasteiger charge is 2.26. The summed E-state index contributed by atoms with van der Waals surface area (Å²) in [5.41, 5.74) is 12.6. The van der Waals surface area contributed by atoms with Crippen molar-refractivity contribution < 1.29 is 9.53 Å². The van der Waals surface area contributed by atoms with Gasteiger partial charge in [0.15, 0.2) is 5.75 Å². The van der Waals surface area contributed by atoms with Crippen molar-refractivity contribution in [2.75, 3.05) is 26.2 Å². The van der Waals surface area contributed by atoms with Crippen LogP contribution in [-0.2, 0) is 6.54 Å². The highest BCUT2D eigenvalue weighted by atomic mass is 16.5. The van der Waals surface area contributed by atoms with Crippen molar-refractivity contribution in [3.05, 3.63) is 24.0 Å². The molecule has 7 nitrogen and oxygen atoms in total. The largest absolute Gasteiger partial charge is 0.410 e. The summed E-state index contributed by atoms with van der Waals surface area (Å²) in [5.74, 6) is 1.80. The normalized spacial score (nSPS) is 18.6. The summed E-state index contributed by atoms with van der Waals surface area (Å²) in [5, 5.41) is 0. The van der Waals surface area contributed by atoms with Crippen molar-refractivity contribution in [1.29, 1.82) is 0 Å². The van der Waals surface area contributed by atoms with E-state index >= 15 is 0 Å². The topological polar surface area (TPSA) is 99.4 Å². The molecule has 1 unspecified atom stereocenters. The van der Waals surface area contributed by atoms with Crippen LogP contribution in [0.2, 0.25) is 0 Å². The molecule has 0 radical (unpaired) electrons. The molecule has 136 valence electrons. The minimum absolute atomic E-state index is 0.362. The van der Waals surface area contributed by atoms with E-state index in [1.54, 1.807) is 6.07 Å². The monoisotopic (exact) mass is 345 g/mol. The van der Waals surface area contributed by atoms with Crippen LogP contribution in [0.4, 0.5) is 4.79 Å². The second kappa shape index (κ2) is 7.84. The molecule has 3 rings (SSSR count). The predicted molar refractivity (Wildman–Crippen MR) is 97.7 cm³/mol. The number of carbonyl (C=O) groups is 1. The van der Waals surface area contributed by atoms with Crippen LogP contribution in [0.1, 0.15) is 37.9 Å². The van der Waals surface area contributed by atoms with Gasteiger partial charge >= 0.3 is 6.09 Å². The number of carbonyl (C=O) groups excluding carboxylic acids is 1. The minimum atomic E-state index is -0.825. The van der Waals surface area contributed by atoms with Gasteiger partial charge in [-0.2, -0.15) is 0 Å². The van der Waals surface area contributed by atoms with E-state index < -0.39 is 6.09 Å². The Morgan fingerprint density at radius 1 is 1.40 bits per heavy atom. The number of likely N-dealkylation sites (tertiary alicyclic amines) is 1. The first-order valence-electron chi connectivity index (χ1n) is 9.02.